The molecule has 1 fully saturated rings. The van der Waals surface area contributed by atoms with Gasteiger partial charge in [-0.3, -0.25) is 4.79 Å². The quantitative estimate of drug-likeness (QED) is 0.795. The Bertz CT molecular complexity index is 768. The second-order valence-electron chi connectivity index (χ2n) is 7.21. The van der Waals surface area contributed by atoms with Crippen LogP contribution in [-0.2, 0) is 0 Å². The molecule has 0 aromatic heterocycles. The Kier molecular flexibility index (Phi) is 6.34. The van der Waals surface area contributed by atoms with Crippen LogP contribution in [0.3, 0.4) is 0 Å². The molecule has 6 heteroatoms. The second kappa shape index (κ2) is 8.72. The molecule has 0 aliphatic carbocycles. The number of carbonyl (C=O) groups excluding carboxylic acids is 1. The minimum absolute atomic E-state index is 0.0858. The van der Waals surface area contributed by atoms with E-state index in [2.05, 4.69) is 34.5 Å². The van der Waals surface area contributed by atoms with Gasteiger partial charge in [0.1, 0.15) is 11.9 Å². The van der Waals surface area contributed by atoms with Gasteiger partial charge in [-0.2, -0.15) is 0 Å². The van der Waals surface area contributed by atoms with E-state index in [1.807, 2.05) is 14.1 Å². The Balaban J connectivity index is 1.77. The van der Waals surface area contributed by atoms with E-state index in [4.69, 9.17) is 11.6 Å². The summed E-state index contributed by atoms with van der Waals surface area (Å²) in [7, 11) is 4.02. The first-order chi connectivity index (χ1) is 13.0. The van der Waals surface area contributed by atoms with Crippen LogP contribution in [0.4, 0.5) is 10.1 Å². The Morgan fingerprint density at radius 3 is 2.44 bits per heavy atom. The van der Waals surface area contributed by atoms with Gasteiger partial charge in [0.05, 0.1) is 30.2 Å². The summed E-state index contributed by atoms with van der Waals surface area (Å²) in [6.07, 6.45) is 2.38. The van der Waals surface area contributed by atoms with Crippen molar-refractivity contribution in [2.45, 2.75) is 18.9 Å². The van der Waals surface area contributed by atoms with Gasteiger partial charge in [-0.25, -0.2) is 4.39 Å². The average Bonchev–Trinajstić information content (AvgIpc) is 3.16. The molecule has 2 aromatic rings. The SMILES string of the molecule is CN(C)c1ccc([C@@H](CNC(=O)c2c(F)cccc2Cl)[NH+]2CCCC2)cc1. The van der Waals surface area contributed by atoms with E-state index in [1.54, 1.807) is 0 Å². The van der Waals surface area contributed by atoms with E-state index in [0.29, 0.717) is 6.54 Å². The smallest absolute Gasteiger partial charge is 0.256 e. The Labute approximate surface area is 164 Å². The third-order valence-corrected chi connectivity index (χ3v) is 5.52. The molecule has 0 radical (unpaired) electrons. The zero-order chi connectivity index (χ0) is 19.4. The molecule has 4 nitrogen and oxygen atoms in total. The lowest BCUT2D eigenvalue weighted by atomic mass is 10.0. The zero-order valence-corrected chi connectivity index (χ0v) is 16.5. The Morgan fingerprint density at radius 2 is 1.85 bits per heavy atom. The number of anilines is 1. The highest BCUT2D eigenvalue weighted by molar-refractivity contribution is 6.33. The number of carbonyl (C=O) groups is 1. The predicted octanol–water partition coefficient (Wildman–Crippen LogP) is 2.69. The third-order valence-electron chi connectivity index (χ3n) is 5.21. The number of rotatable bonds is 6. The predicted molar refractivity (Wildman–Crippen MR) is 107 cm³/mol. The lowest BCUT2D eigenvalue weighted by molar-refractivity contribution is -0.918. The van der Waals surface area contributed by atoms with Gasteiger partial charge in [0.25, 0.3) is 5.91 Å². The van der Waals surface area contributed by atoms with Crippen molar-refractivity contribution >= 4 is 23.2 Å². The lowest BCUT2D eigenvalue weighted by Gasteiger charge is -2.26. The number of nitrogens with zero attached hydrogens (tertiary/aromatic N) is 1. The summed E-state index contributed by atoms with van der Waals surface area (Å²) in [6, 6.07) is 12.8. The number of halogens is 2. The maximum absolute atomic E-state index is 14.0. The summed E-state index contributed by atoms with van der Waals surface area (Å²) >= 11 is 6.02. The summed E-state index contributed by atoms with van der Waals surface area (Å²) < 4.78 is 14.0. The Hall–Kier alpha value is -2.11. The maximum Gasteiger partial charge on any atom is 0.256 e. The minimum Gasteiger partial charge on any atom is -0.378 e. The van der Waals surface area contributed by atoms with Gasteiger partial charge in [-0.05, 0) is 24.3 Å². The number of hydrogen-bond donors (Lipinski definition) is 2. The van der Waals surface area contributed by atoms with Crippen LogP contribution in [0.15, 0.2) is 42.5 Å². The van der Waals surface area contributed by atoms with Crippen LogP contribution in [0.5, 0.6) is 0 Å². The van der Waals surface area contributed by atoms with E-state index in [9.17, 15) is 9.18 Å². The van der Waals surface area contributed by atoms with Gasteiger partial charge in [0, 0.05) is 38.2 Å². The number of quaternary nitrogens is 1. The molecule has 0 saturated carbocycles. The summed E-state index contributed by atoms with van der Waals surface area (Å²) in [5, 5.41) is 3.03. The number of benzene rings is 2. The first-order valence-corrected chi connectivity index (χ1v) is 9.69. The van der Waals surface area contributed by atoms with Crippen molar-refractivity contribution in [2.75, 3.05) is 38.6 Å². The molecule has 3 rings (SSSR count). The minimum atomic E-state index is -0.597. The largest absolute Gasteiger partial charge is 0.378 e. The van der Waals surface area contributed by atoms with Gasteiger partial charge in [-0.15, -0.1) is 0 Å². The average molecular weight is 391 g/mol. The Morgan fingerprint density at radius 1 is 1.19 bits per heavy atom. The monoisotopic (exact) mass is 390 g/mol. The molecule has 2 aromatic carbocycles. The molecule has 1 atom stereocenters. The van der Waals surface area contributed by atoms with Gasteiger partial charge < -0.3 is 15.1 Å². The van der Waals surface area contributed by atoms with Crippen molar-refractivity contribution in [1.29, 1.82) is 0 Å². The number of likely N-dealkylation sites (tertiary alicyclic amines) is 1. The summed E-state index contributed by atoms with van der Waals surface area (Å²) in [4.78, 5) is 16.0. The van der Waals surface area contributed by atoms with Crippen LogP contribution in [-0.4, -0.2) is 39.6 Å². The second-order valence-corrected chi connectivity index (χ2v) is 7.62. The van der Waals surface area contributed by atoms with Crippen LogP contribution in [0.1, 0.15) is 34.8 Å². The highest BCUT2D eigenvalue weighted by Crippen LogP contribution is 2.20. The van der Waals surface area contributed by atoms with Crippen molar-refractivity contribution in [3.8, 4) is 0 Å². The van der Waals surface area contributed by atoms with E-state index in [-0.39, 0.29) is 16.6 Å². The number of nitrogens with one attached hydrogen (secondary N) is 2. The molecule has 27 heavy (non-hydrogen) atoms. The van der Waals surface area contributed by atoms with Crippen LogP contribution >= 0.6 is 11.6 Å². The molecule has 1 aliphatic rings. The fourth-order valence-corrected chi connectivity index (χ4v) is 3.93. The van der Waals surface area contributed by atoms with Gasteiger partial charge in [0.15, 0.2) is 0 Å². The van der Waals surface area contributed by atoms with E-state index in [1.165, 1.54) is 41.5 Å². The zero-order valence-electron chi connectivity index (χ0n) is 15.8. The summed E-state index contributed by atoms with van der Waals surface area (Å²) in [5.41, 5.74) is 2.23. The topological polar surface area (TPSA) is 36.8 Å². The normalized spacial score (nSPS) is 15.6. The fraction of sp³-hybridized carbons (Fsp3) is 0.381. The van der Waals surface area contributed by atoms with Crippen LogP contribution in [0.2, 0.25) is 5.02 Å². The molecule has 1 aliphatic heterocycles. The van der Waals surface area contributed by atoms with Crippen molar-refractivity contribution < 1.29 is 14.1 Å². The number of amides is 1. The van der Waals surface area contributed by atoms with Gasteiger partial charge >= 0.3 is 0 Å². The molecule has 0 bridgehead atoms. The molecule has 1 amide bonds. The van der Waals surface area contributed by atoms with Crippen LogP contribution in [0, 0.1) is 5.82 Å². The fourth-order valence-electron chi connectivity index (χ4n) is 3.68. The molecule has 2 N–H and O–H groups in total. The number of hydrogen-bond acceptors (Lipinski definition) is 2. The summed E-state index contributed by atoms with van der Waals surface area (Å²) in [6.45, 7) is 2.60. The third kappa shape index (κ3) is 4.60. The molecular formula is C21H26ClFN3O+. The first-order valence-electron chi connectivity index (χ1n) is 9.31. The van der Waals surface area contributed by atoms with Crippen molar-refractivity contribution in [3.05, 3.63) is 64.4 Å². The summed E-state index contributed by atoms with van der Waals surface area (Å²) in [5.74, 6) is -1.06. The van der Waals surface area contributed by atoms with Crippen molar-refractivity contribution in [3.63, 3.8) is 0 Å². The van der Waals surface area contributed by atoms with E-state index >= 15 is 0 Å². The molecule has 0 unspecified atom stereocenters. The molecular weight excluding hydrogens is 365 g/mol. The highest BCUT2D eigenvalue weighted by atomic mass is 35.5. The van der Waals surface area contributed by atoms with Crippen molar-refractivity contribution in [2.24, 2.45) is 0 Å². The van der Waals surface area contributed by atoms with Crippen LogP contribution < -0.4 is 15.1 Å². The lowest BCUT2D eigenvalue weighted by Crippen LogP contribution is -3.11. The van der Waals surface area contributed by atoms with E-state index in [0.717, 1.165) is 18.8 Å². The maximum atomic E-state index is 14.0. The van der Waals surface area contributed by atoms with Crippen molar-refractivity contribution in [1.82, 2.24) is 5.32 Å². The van der Waals surface area contributed by atoms with E-state index < -0.39 is 11.7 Å². The first kappa shape index (κ1) is 19.6. The van der Waals surface area contributed by atoms with Gasteiger partial charge in [-0.1, -0.05) is 29.8 Å². The molecule has 1 saturated heterocycles. The molecule has 0 spiro atoms. The molecule has 1 heterocycles. The van der Waals surface area contributed by atoms with Crippen LogP contribution in [0.25, 0.3) is 0 Å². The molecule has 144 valence electrons. The van der Waals surface area contributed by atoms with Gasteiger partial charge in [0.2, 0.25) is 0 Å². The standard InChI is InChI=1S/C21H25ClFN3O/c1-25(2)16-10-8-15(9-11-16)19(26-12-3-4-13-26)14-24-21(27)20-17(22)6-5-7-18(20)23/h5-11,19H,3-4,12-14H2,1-2H3,(H,24,27)/p+1/t19-/m1/s1. The highest BCUT2D eigenvalue weighted by Gasteiger charge is 2.28.